The van der Waals surface area contributed by atoms with Crippen LogP contribution in [0, 0.1) is 0 Å². The van der Waals surface area contributed by atoms with E-state index >= 15 is 0 Å². The van der Waals surface area contributed by atoms with Gasteiger partial charge in [-0.1, -0.05) is 13.0 Å². The molecular weight excluding hydrogens is 320 g/mol. The van der Waals surface area contributed by atoms with Crippen LogP contribution in [-0.4, -0.2) is 34.4 Å². The predicted molar refractivity (Wildman–Crippen MR) is 91.5 cm³/mol. The van der Waals surface area contributed by atoms with Gasteiger partial charge in [0.05, 0.1) is 6.61 Å². The molecule has 0 bridgehead atoms. The van der Waals surface area contributed by atoms with Gasteiger partial charge in [-0.15, -0.1) is 0 Å². The maximum atomic E-state index is 12.6. The number of nitrogens with one attached hydrogen (secondary N) is 1. The summed E-state index contributed by atoms with van der Waals surface area (Å²) in [5.74, 6) is 1.80. The molecule has 7 nitrogen and oxygen atoms in total. The molecular formula is C18H20N4O3. The lowest BCUT2D eigenvalue weighted by Crippen LogP contribution is -2.31. The van der Waals surface area contributed by atoms with Crippen LogP contribution in [0.15, 0.2) is 53.2 Å². The van der Waals surface area contributed by atoms with Crippen LogP contribution in [0.2, 0.25) is 0 Å². The van der Waals surface area contributed by atoms with E-state index < -0.39 is 0 Å². The lowest BCUT2D eigenvalue weighted by atomic mass is 10.2. The molecule has 1 unspecified atom stereocenters. The van der Waals surface area contributed by atoms with Crippen LogP contribution < -0.4 is 5.32 Å². The Kier molecular flexibility index (Phi) is 5.25. The third-order valence-electron chi connectivity index (χ3n) is 3.72. The zero-order chi connectivity index (χ0) is 17.6. The highest BCUT2D eigenvalue weighted by Gasteiger charge is 2.20. The van der Waals surface area contributed by atoms with E-state index in [1.807, 2.05) is 19.1 Å². The zero-order valence-corrected chi connectivity index (χ0v) is 14.2. The van der Waals surface area contributed by atoms with Crippen LogP contribution in [0.4, 0.5) is 0 Å². The van der Waals surface area contributed by atoms with E-state index in [0.29, 0.717) is 23.9 Å². The number of aryl methyl sites for hydroxylation is 1. The summed E-state index contributed by atoms with van der Waals surface area (Å²) in [5, 5.41) is 7.04. The highest BCUT2D eigenvalue weighted by molar-refractivity contribution is 5.92. The van der Waals surface area contributed by atoms with Crippen LogP contribution in [-0.2, 0) is 11.2 Å². The highest BCUT2D eigenvalue weighted by Crippen LogP contribution is 2.18. The first-order valence-corrected chi connectivity index (χ1v) is 8.06. The Bertz CT molecular complexity index is 826. The number of carbonyl (C=O) groups is 1. The Morgan fingerprint density at radius 1 is 1.32 bits per heavy atom. The summed E-state index contributed by atoms with van der Waals surface area (Å²) in [6, 6.07) is 10.4. The van der Waals surface area contributed by atoms with E-state index in [1.54, 1.807) is 48.5 Å². The first kappa shape index (κ1) is 16.9. The molecule has 0 saturated carbocycles. The lowest BCUT2D eigenvalue weighted by Gasteiger charge is -2.16. The van der Waals surface area contributed by atoms with Crippen molar-refractivity contribution in [2.45, 2.75) is 19.4 Å². The minimum atomic E-state index is -0.382. The number of nitrogens with zero attached hydrogens (tertiary/aromatic N) is 3. The van der Waals surface area contributed by atoms with Crippen molar-refractivity contribution >= 4 is 5.91 Å². The van der Waals surface area contributed by atoms with Gasteiger partial charge in [-0.25, -0.2) is 9.67 Å². The molecule has 0 saturated heterocycles. The number of rotatable bonds is 7. The van der Waals surface area contributed by atoms with E-state index in [9.17, 15) is 4.79 Å². The van der Waals surface area contributed by atoms with Crippen molar-refractivity contribution in [2.24, 2.45) is 0 Å². The van der Waals surface area contributed by atoms with Gasteiger partial charge in [0.25, 0.3) is 5.91 Å². The topological polar surface area (TPSA) is 82.2 Å². The van der Waals surface area contributed by atoms with Crippen LogP contribution >= 0.6 is 0 Å². The quantitative estimate of drug-likeness (QED) is 0.715. The molecule has 3 rings (SSSR count). The van der Waals surface area contributed by atoms with Crippen molar-refractivity contribution in [2.75, 3.05) is 13.7 Å². The number of aromatic nitrogens is 3. The monoisotopic (exact) mass is 340 g/mol. The van der Waals surface area contributed by atoms with Gasteiger partial charge in [-0.3, -0.25) is 4.79 Å². The van der Waals surface area contributed by atoms with E-state index in [1.165, 1.54) is 0 Å². The number of hydrogen-bond donors (Lipinski definition) is 1. The molecule has 0 radical (unpaired) electrons. The molecule has 0 aromatic carbocycles. The van der Waals surface area contributed by atoms with Crippen LogP contribution in [0.5, 0.6) is 0 Å². The van der Waals surface area contributed by atoms with Crippen molar-refractivity contribution in [1.82, 2.24) is 20.1 Å². The average Bonchev–Trinajstić information content (AvgIpc) is 3.33. The van der Waals surface area contributed by atoms with E-state index in [-0.39, 0.29) is 11.9 Å². The van der Waals surface area contributed by atoms with Gasteiger partial charge in [0.2, 0.25) is 0 Å². The molecule has 0 spiro atoms. The molecule has 0 aliphatic carbocycles. The number of furan rings is 1. The first-order valence-electron chi connectivity index (χ1n) is 8.06. The largest absolute Gasteiger partial charge is 0.464 e. The molecule has 0 fully saturated rings. The minimum Gasteiger partial charge on any atom is -0.464 e. The van der Waals surface area contributed by atoms with Crippen molar-refractivity contribution in [3.63, 3.8) is 0 Å². The molecule has 0 aliphatic heterocycles. The molecule has 1 amide bonds. The maximum absolute atomic E-state index is 12.6. The normalized spacial score (nSPS) is 12.1. The van der Waals surface area contributed by atoms with Gasteiger partial charge in [0.15, 0.2) is 5.82 Å². The molecule has 1 N–H and O–H groups in total. The van der Waals surface area contributed by atoms with Gasteiger partial charge in [-0.05, 0) is 30.3 Å². The average molecular weight is 340 g/mol. The number of methoxy groups -OCH3 is 1. The summed E-state index contributed by atoms with van der Waals surface area (Å²) >= 11 is 0. The van der Waals surface area contributed by atoms with Gasteiger partial charge in [0.1, 0.15) is 23.3 Å². The molecule has 0 aliphatic rings. The minimum absolute atomic E-state index is 0.300. The second-order valence-corrected chi connectivity index (χ2v) is 5.47. The van der Waals surface area contributed by atoms with Gasteiger partial charge < -0.3 is 14.5 Å². The van der Waals surface area contributed by atoms with E-state index in [4.69, 9.17) is 9.15 Å². The van der Waals surface area contributed by atoms with Crippen molar-refractivity contribution in [1.29, 1.82) is 0 Å². The molecule has 3 heterocycles. The SMILES string of the molecule is CCc1ccc(C(COC)NC(=O)c2cccc(-n3cccn3)n2)o1. The molecule has 3 aromatic heterocycles. The summed E-state index contributed by atoms with van der Waals surface area (Å²) < 4.78 is 12.5. The Hall–Kier alpha value is -2.93. The molecule has 7 heteroatoms. The second-order valence-electron chi connectivity index (χ2n) is 5.47. The van der Waals surface area contributed by atoms with Crippen LogP contribution in [0.1, 0.15) is 35.0 Å². The fraction of sp³-hybridized carbons (Fsp3) is 0.278. The van der Waals surface area contributed by atoms with Crippen molar-refractivity contribution in [3.05, 3.63) is 66.0 Å². The van der Waals surface area contributed by atoms with E-state index in [0.717, 1.165) is 12.2 Å². The number of pyridine rings is 1. The van der Waals surface area contributed by atoms with Crippen molar-refractivity contribution < 1.29 is 13.9 Å². The Morgan fingerprint density at radius 3 is 2.88 bits per heavy atom. The number of hydrogen-bond acceptors (Lipinski definition) is 5. The van der Waals surface area contributed by atoms with Gasteiger partial charge >= 0.3 is 0 Å². The lowest BCUT2D eigenvalue weighted by molar-refractivity contribution is 0.0877. The number of carbonyl (C=O) groups excluding carboxylic acids is 1. The standard InChI is InChI=1S/C18H20N4O3/c1-3-13-8-9-16(25-13)15(12-24-2)21-18(23)14-6-4-7-17(20-14)22-11-5-10-19-22/h4-11,15H,3,12H2,1-2H3,(H,21,23). The van der Waals surface area contributed by atoms with E-state index in [2.05, 4.69) is 15.4 Å². The summed E-state index contributed by atoms with van der Waals surface area (Å²) in [6.45, 7) is 2.32. The summed E-state index contributed by atoms with van der Waals surface area (Å²) in [7, 11) is 1.58. The summed E-state index contributed by atoms with van der Waals surface area (Å²) in [5.41, 5.74) is 0.302. The predicted octanol–water partition coefficient (Wildman–Crippen LogP) is 2.54. The Morgan fingerprint density at radius 2 is 2.20 bits per heavy atom. The molecule has 1 atom stereocenters. The third kappa shape index (κ3) is 3.95. The fourth-order valence-corrected chi connectivity index (χ4v) is 2.45. The number of ether oxygens (including phenoxy) is 1. The zero-order valence-electron chi connectivity index (χ0n) is 14.2. The maximum Gasteiger partial charge on any atom is 0.270 e. The Labute approximate surface area is 145 Å². The smallest absolute Gasteiger partial charge is 0.270 e. The van der Waals surface area contributed by atoms with Crippen LogP contribution in [0.25, 0.3) is 5.82 Å². The first-order chi connectivity index (χ1) is 12.2. The van der Waals surface area contributed by atoms with Crippen LogP contribution in [0.3, 0.4) is 0 Å². The molecule has 130 valence electrons. The Balaban J connectivity index is 1.78. The molecule has 25 heavy (non-hydrogen) atoms. The number of amides is 1. The van der Waals surface area contributed by atoms with Crippen molar-refractivity contribution in [3.8, 4) is 5.82 Å². The van der Waals surface area contributed by atoms with Gasteiger partial charge in [0, 0.05) is 25.9 Å². The highest BCUT2D eigenvalue weighted by atomic mass is 16.5. The second kappa shape index (κ2) is 7.76. The molecule has 3 aromatic rings. The fourth-order valence-electron chi connectivity index (χ4n) is 2.45. The summed E-state index contributed by atoms with van der Waals surface area (Å²) in [4.78, 5) is 17.0. The summed E-state index contributed by atoms with van der Waals surface area (Å²) in [6.07, 6.45) is 4.22. The third-order valence-corrected chi connectivity index (χ3v) is 3.72. The van der Waals surface area contributed by atoms with Gasteiger partial charge in [-0.2, -0.15) is 5.10 Å².